The van der Waals surface area contributed by atoms with Gasteiger partial charge in [-0.25, -0.2) is 4.90 Å². The first kappa shape index (κ1) is 16.8. The van der Waals surface area contributed by atoms with Crippen molar-refractivity contribution in [1.29, 1.82) is 0 Å². The third-order valence-electron chi connectivity index (χ3n) is 2.90. The van der Waals surface area contributed by atoms with E-state index in [9.17, 15) is 35.9 Å². The van der Waals surface area contributed by atoms with Gasteiger partial charge in [0, 0.05) is 5.39 Å². The second-order valence-electron chi connectivity index (χ2n) is 4.44. The van der Waals surface area contributed by atoms with Crippen LogP contribution in [-0.2, 0) is 9.59 Å². The molecule has 0 aliphatic rings. The molecule has 9 heteroatoms. The zero-order valence-electron chi connectivity index (χ0n) is 11.1. The fourth-order valence-corrected chi connectivity index (χ4v) is 1.97. The molecule has 0 spiro atoms. The lowest BCUT2D eigenvalue weighted by Gasteiger charge is -2.24. The Hall–Kier alpha value is -2.58. The van der Waals surface area contributed by atoms with Crippen LogP contribution in [0, 0.1) is 0 Å². The second-order valence-corrected chi connectivity index (χ2v) is 4.44. The van der Waals surface area contributed by atoms with E-state index in [1.54, 1.807) is 0 Å². The van der Waals surface area contributed by atoms with Gasteiger partial charge in [-0.05, 0) is 11.5 Å². The van der Waals surface area contributed by atoms with Gasteiger partial charge in [0.25, 0.3) is 0 Å². The van der Waals surface area contributed by atoms with Gasteiger partial charge in [-0.2, -0.15) is 26.3 Å². The number of anilines is 1. The van der Waals surface area contributed by atoms with Crippen LogP contribution < -0.4 is 4.90 Å². The topological polar surface area (TPSA) is 37.4 Å². The number of carbonyl (C=O) groups excluding carboxylic acids is 2. The number of hydrogen-bond acceptors (Lipinski definition) is 2. The first-order valence-electron chi connectivity index (χ1n) is 6.03. The van der Waals surface area contributed by atoms with Crippen LogP contribution in [0.3, 0.4) is 0 Å². The predicted molar refractivity (Wildman–Crippen MR) is 68.6 cm³/mol. The van der Waals surface area contributed by atoms with E-state index < -0.39 is 34.8 Å². The molecule has 0 fully saturated rings. The maximum Gasteiger partial charge on any atom is 0.472 e. The molecule has 0 N–H and O–H groups in total. The van der Waals surface area contributed by atoms with Crippen LogP contribution in [0.5, 0.6) is 0 Å². The Morgan fingerprint density at radius 1 is 0.739 bits per heavy atom. The molecule has 0 atom stereocenters. The van der Waals surface area contributed by atoms with E-state index in [1.165, 1.54) is 30.3 Å². The SMILES string of the molecule is O=C(N(C(=O)C(F)(F)F)c1cccc2ccccc12)C(F)(F)F. The van der Waals surface area contributed by atoms with Crippen molar-refractivity contribution in [3.63, 3.8) is 0 Å². The van der Waals surface area contributed by atoms with Gasteiger partial charge in [0.15, 0.2) is 0 Å². The van der Waals surface area contributed by atoms with E-state index >= 15 is 0 Å². The molecule has 0 saturated carbocycles. The molecule has 122 valence electrons. The minimum atomic E-state index is -5.64. The zero-order chi connectivity index (χ0) is 17.4. The molecule has 2 aromatic carbocycles. The maximum atomic E-state index is 12.6. The van der Waals surface area contributed by atoms with E-state index in [0.717, 1.165) is 12.1 Å². The summed E-state index contributed by atoms with van der Waals surface area (Å²) in [6.07, 6.45) is -11.3. The summed E-state index contributed by atoms with van der Waals surface area (Å²) in [5, 5.41) is 0.185. The molecule has 0 saturated heterocycles. The summed E-state index contributed by atoms with van der Waals surface area (Å²) >= 11 is 0. The van der Waals surface area contributed by atoms with E-state index in [2.05, 4.69) is 0 Å². The van der Waals surface area contributed by atoms with Crippen LogP contribution in [0.2, 0.25) is 0 Å². The highest BCUT2D eigenvalue weighted by atomic mass is 19.4. The molecular weight excluding hydrogens is 328 g/mol. The zero-order valence-corrected chi connectivity index (χ0v) is 11.1. The van der Waals surface area contributed by atoms with Crippen molar-refractivity contribution in [1.82, 2.24) is 0 Å². The quantitative estimate of drug-likeness (QED) is 0.743. The highest BCUT2D eigenvalue weighted by Gasteiger charge is 2.53. The first-order valence-corrected chi connectivity index (χ1v) is 6.03. The van der Waals surface area contributed by atoms with Gasteiger partial charge in [-0.3, -0.25) is 9.59 Å². The number of imide groups is 1. The fourth-order valence-electron chi connectivity index (χ4n) is 1.97. The summed E-state index contributed by atoms with van der Waals surface area (Å²) in [6, 6.07) is 8.92. The molecule has 2 rings (SSSR count). The highest BCUT2D eigenvalue weighted by Crippen LogP contribution is 2.33. The van der Waals surface area contributed by atoms with Gasteiger partial charge < -0.3 is 0 Å². The van der Waals surface area contributed by atoms with Crippen molar-refractivity contribution < 1.29 is 35.9 Å². The van der Waals surface area contributed by atoms with Crippen LogP contribution in [0.25, 0.3) is 10.8 Å². The molecule has 2 amide bonds. The smallest absolute Gasteiger partial charge is 0.263 e. The third kappa shape index (κ3) is 3.27. The molecular formula is C14H7F6NO2. The molecule has 2 aromatic rings. The second kappa shape index (κ2) is 5.56. The average molecular weight is 335 g/mol. The summed E-state index contributed by atoms with van der Waals surface area (Å²) in [6.45, 7) is 0. The number of amides is 2. The lowest BCUT2D eigenvalue weighted by atomic mass is 10.1. The summed E-state index contributed by atoms with van der Waals surface area (Å²) < 4.78 is 75.7. The van der Waals surface area contributed by atoms with Crippen LogP contribution in [0.1, 0.15) is 0 Å². The van der Waals surface area contributed by atoms with E-state index in [1.807, 2.05) is 0 Å². The van der Waals surface area contributed by atoms with Crippen molar-refractivity contribution in [2.45, 2.75) is 12.4 Å². The molecule has 0 aliphatic carbocycles. The number of hydrogen-bond donors (Lipinski definition) is 0. The molecule has 0 unspecified atom stereocenters. The number of halogens is 6. The maximum absolute atomic E-state index is 12.6. The number of benzene rings is 2. The number of carbonyl (C=O) groups is 2. The van der Waals surface area contributed by atoms with Gasteiger partial charge in [0.05, 0.1) is 5.69 Å². The summed E-state index contributed by atoms with van der Waals surface area (Å²) in [5.74, 6) is -5.81. The van der Waals surface area contributed by atoms with Crippen LogP contribution in [-0.4, -0.2) is 24.2 Å². The Bertz CT molecular complexity index is 734. The van der Waals surface area contributed by atoms with Crippen molar-refractivity contribution in [3.05, 3.63) is 42.5 Å². The number of rotatable bonds is 1. The first-order chi connectivity index (χ1) is 10.5. The summed E-state index contributed by atoms with van der Waals surface area (Å²) in [5.41, 5.74) is -0.784. The number of alkyl halides is 6. The monoisotopic (exact) mass is 335 g/mol. The van der Waals surface area contributed by atoms with E-state index in [4.69, 9.17) is 0 Å². The Labute approximate surface area is 125 Å². The summed E-state index contributed by atoms with van der Waals surface area (Å²) in [4.78, 5) is 21.9. The van der Waals surface area contributed by atoms with Gasteiger partial charge >= 0.3 is 24.2 Å². The Morgan fingerprint density at radius 3 is 1.74 bits per heavy atom. The Morgan fingerprint density at radius 2 is 1.22 bits per heavy atom. The van der Waals surface area contributed by atoms with E-state index in [0.29, 0.717) is 0 Å². The molecule has 0 bridgehead atoms. The van der Waals surface area contributed by atoms with Gasteiger partial charge in [-0.15, -0.1) is 0 Å². The number of nitrogens with zero attached hydrogens (tertiary/aromatic N) is 1. The molecule has 0 heterocycles. The van der Waals surface area contributed by atoms with E-state index in [-0.39, 0.29) is 10.8 Å². The Balaban J connectivity index is 2.71. The van der Waals surface area contributed by atoms with Gasteiger partial charge in [0.1, 0.15) is 0 Å². The summed E-state index contributed by atoms with van der Waals surface area (Å²) in [7, 11) is 0. The average Bonchev–Trinajstić information content (AvgIpc) is 2.45. The van der Waals surface area contributed by atoms with Crippen molar-refractivity contribution in [3.8, 4) is 0 Å². The minimum Gasteiger partial charge on any atom is -0.263 e. The van der Waals surface area contributed by atoms with Gasteiger partial charge in [0.2, 0.25) is 0 Å². The highest BCUT2D eigenvalue weighted by molar-refractivity contribution is 6.21. The van der Waals surface area contributed by atoms with Crippen molar-refractivity contribution in [2.24, 2.45) is 0 Å². The molecule has 3 nitrogen and oxygen atoms in total. The molecule has 0 aliphatic heterocycles. The number of fused-ring (bicyclic) bond motifs is 1. The largest absolute Gasteiger partial charge is 0.472 e. The fraction of sp³-hybridized carbons (Fsp3) is 0.143. The standard InChI is InChI=1S/C14H7F6NO2/c15-13(16,17)11(22)21(12(23)14(18,19)20)10-7-3-5-8-4-1-2-6-9(8)10/h1-7H. The normalized spacial score (nSPS) is 12.3. The van der Waals surface area contributed by atoms with Crippen LogP contribution >= 0.6 is 0 Å². The molecule has 0 radical (unpaired) electrons. The Kier molecular flexibility index (Phi) is 4.06. The lowest BCUT2D eigenvalue weighted by Crippen LogP contribution is -2.50. The third-order valence-corrected chi connectivity index (χ3v) is 2.90. The predicted octanol–water partition coefficient (Wildman–Crippen LogP) is 3.82. The lowest BCUT2D eigenvalue weighted by molar-refractivity contribution is -0.181. The minimum absolute atomic E-state index is 0.0924. The van der Waals surface area contributed by atoms with Crippen molar-refractivity contribution in [2.75, 3.05) is 4.90 Å². The molecule has 0 aromatic heterocycles. The van der Waals surface area contributed by atoms with Crippen molar-refractivity contribution >= 4 is 28.3 Å². The van der Waals surface area contributed by atoms with Crippen LogP contribution in [0.15, 0.2) is 42.5 Å². The van der Waals surface area contributed by atoms with Gasteiger partial charge in [-0.1, -0.05) is 36.4 Å². The molecule has 23 heavy (non-hydrogen) atoms. The van der Waals surface area contributed by atoms with Crippen LogP contribution in [0.4, 0.5) is 32.0 Å².